The maximum atomic E-state index is 11.8. The van der Waals surface area contributed by atoms with Gasteiger partial charge in [-0.25, -0.2) is 0 Å². The van der Waals surface area contributed by atoms with Crippen molar-refractivity contribution in [3.8, 4) is 5.75 Å². The average molecular weight is 407 g/mol. The number of H-pyrrole nitrogens is 1. The first-order valence-electron chi connectivity index (χ1n) is 8.61. The summed E-state index contributed by atoms with van der Waals surface area (Å²) < 4.78 is 5.60. The molecule has 0 saturated carbocycles. The number of hydrogen-bond acceptors (Lipinski definition) is 3. The second kappa shape index (κ2) is 8.65. The summed E-state index contributed by atoms with van der Waals surface area (Å²) >= 11 is 12.3. The van der Waals surface area contributed by atoms with E-state index >= 15 is 0 Å². The van der Waals surface area contributed by atoms with Gasteiger partial charge in [0.15, 0.2) is 0 Å². The van der Waals surface area contributed by atoms with E-state index in [2.05, 4.69) is 10.3 Å². The van der Waals surface area contributed by atoms with E-state index in [1.807, 2.05) is 37.4 Å². The Kier molecular flexibility index (Phi) is 6.26. The minimum Gasteiger partial charge on any atom is -0.492 e. The molecule has 3 N–H and O–H groups in total. The first kappa shape index (κ1) is 19.5. The molecule has 0 fully saturated rings. The lowest BCUT2D eigenvalue weighted by molar-refractivity contribution is -0.139. The van der Waals surface area contributed by atoms with Gasteiger partial charge in [0.2, 0.25) is 0 Å². The van der Waals surface area contributed by atoms with Gasteiger partial charge in [-0.15, -0.1) is 0 Å². The van der Waals surface area contributed by atoms with Crippen molar-refractivity contribution in [1.29, 1.82) is 0 Å². The Morgan fingerprint density at radius 3 is 2.78 bits per heavy atom. The summed E-state index contributed by atoms with van der Waals surface area (Å²) in [6.07, 6.45) is 2.20. The van der Waals surface area contributed by atoms with Crippen LogP contribution in [-0.4, -0.2) is 28.7 Å². The van der Waals surface area contributed by atoms with Crippen molar-refractivity contribution >= 4 is 40.1 Å². The number of aliphatic carboxylic acids is 1. The molecule has 7 heteroatoms. The summed E-state index contributed by atoms with van der Waals surface area (Å²) in [7, 11) is 0. The van der Waals surface area contributed by atoms with Crippen molar-refractivity contribution in [3.63, 3.8) is 0 Å². The van der Waals surface area contributed by atoms with E-state index in [0.717, 1.165) is 22.0 Å². The number of fused-ring (bicyclic) bond motifs is 1. The highest BCUT2D eigenvalue weighted by atomic mass is 35.5. The fourth-order valence-electron chi connectivity index (χ4n) is 3.05. The van der Waals surface area contributed by atoms with Crippen LogP contribution < -0.4 is 10.1 Å². The van der Waals surface area contributed by atoms with Crippen LogP contribution in [-0.2, 0) is 17.8 Å². The molecular weight excluding hydrogens is 387 g/mol. The van der Waals surface area contributed by atoms with Crippen molar-refractivity contribution in [3.05, 3.63) is 63.8 Å². The lowest BCUT2D eigenvalue weighted by Gasteiger charge is -2.17. The summed E-state index contributed by atoms with van der Waals surface area (Å²) in [6, 6.07) is 10.4. The van der Waals surface area contributed by atoms with Crippen LogP contribution in [0.3, 0.4) is 0 Å². The Labute approximate surface area is 167 Å². The van der Waals surface area contributed by atoms with Crippen molar-refractivity contribution in [2.24, 2.45) is 0 Å². The van der Waals surface area contributed by atoms with Gasteiger partial charge in [0, 0.05) is 40.7 Å². The predicted molar refractivity (Wildman–Crippen MR) is 108 cm³/mol. The molecule has 0 radical (unpaired) electrons. The number of ether oxygens (including phenoxy) is 1. The maximum absolute atomic E-state index is 11.8. The number of nitrogens with one attached hydrogen (secondary N) is 2. The predicted octanol–water partition coefficient (Wildman–Crippen LogP) is 4.66. The Balaban J connectivity index is 1.79. The molecule has 2 aromatic carbocycles. The Bertz CT molecular complexity index is 956. The normalized spacial score (nSPS) is 12.3. The van der Waals surface area contributed by atoms with Crippen LogP contribution in [0.4, 0.5) is 0 Å². The van der Waals surface area contributed by atoms with Gasteiger partial charge in [-0.05, 0) is 30.7 Å². The van der Waals surface area contributed by atoms with Crippen LogP contribution in [0.25, 0.3) is 10.9 Å². The Morgan fingerprint density at radius 1 is 1.26 bits per heavy atom. The highest BCUT2D eigenvalue weighted by molar-refractivity contribution is 6.35. The molecule has 0 aliphatic carbocycles. The smallest absolute Gasteiger partial charge is 0.321 e. The molecule has 0 amide bonds. The zero-order valence-corrected chi connectivity index (χ0v) is 16.3. The van der Waals surface area contributed by atoms with Crippen LogP contribution in [0.15, 0.2) is 42.6 Å². The van der Waals surface area contributed by atoms with E-state index in [0.29, 0.717) is 28.8 Å². The van der Waals surface area contributed by atoms with E-state index in [-0.39, 0.29) is 6.54 Å². The number of carbonyl (C=O) groups is 1. The van der Waals surface area contributed by atoms with Gasteiger partial charge in [0.05, 0.1) is 11.6 Å². The van der Waals surface area contributed by atoms with E-state index in [4.69, 9.17) is 27.9 Å². The van der Waals surface area contributed by atoms with Gasteiger partial charge in [-0.2, -0.15) is 0 Å². The number of hydrogen-bond donors (Lipinski definition) is 3. The summed E-state index contributed by atoms with van der Waals surface area (Å²) in [5.74, 6) is -0.404. The average Bonchev–Trinajstić information content (AvgIpc) is 3.04. The number of para-hydroxylation sites is 1. The molecule has 27 heavy (non-hydrogen) atoms. The first-order valence-corrected chi connectivity index (χ1v) is 9.37. The van der Waals surface area contributed by atoms with Gasteiger partial charge in [0.1, 0.15) is 11.8 Å². The van der Waals surface area contributed by atoms with Gasteiger partial charge in [-0.3, -0.25) is 10.1 Å². The molecule has 0 aliphatic heterocycles. The first-order chi connectivity index (χ1) is 13.0. The van der Waals surface area contributed by atoms with E-state index in [1.54, 1.807) is 12.1 Å². The van der Waals surface area contributed by atoms with Gasteiger partial charge in [-0.1, -0.05) is 41.4 Å². The van der Waals surface area contributed by atoms with Crippen molar-refractivity contribution < 1.29 is 14.6 Å². The molecule has 1 atom stereocenters. The van der Waals surface area contributed by atoms with Crippen molar-refractivity contribution in [2.45, 2.75) is 25.9 Å². The third-order valence-electron chi connectivity index (χ3n) is 4.31. The highest BCUT2D eigenvalue weighted by Crippen LogP contribution is 2.32. The maximum Gasteiger partial charge on any atom is 0.321 e. The highest BCUT2D eigenvalue weighted by Gasteiger charge is 2.20. The molecule has 0 unspecified atom stereocenters. The summed E-state index contributed by atoms with van der Waals surface area (Å²) in [4.78, 5) is 14.9. The third kappa shape index (κ3) is 4.56. The SMILES string of the molecule is CCOc1c(Cl)cc(Cl)cc1CN[C@H](Cc1c[nH]c2ccccc12)C(=O)O. The number of aromatic nitrogens is 1. The van der Waals surface area contributed by atoms with Crippen LogP contribution in [0.2, 0.25) is 10.0 Å². The topological polar surface area (TPSA) is 74.3 Å². The van der Waals surface area contributed by atoms with E-state index in [1.165, 1.54) is 0 Å². The lowest BCUT2D eigenvalue weighted by atomic mass is 10.0. The Hall–Kier alpha value is -2.21. The van der Waals surface area contributed by atoms with Gasteiger partial charge in [0.25, 0.3) is 0 Å². The summed E-state index contributed by atoms with van der Waals surface area (Å²) in [5.41, 5.74) is 2.65. The molecule has 0 aliphatic rings. The largest absolute Gasteiger partial charge is 0.492 e. The second-order valence-corrected chi connectivity index (χ2v) is 6.99. The third-order valence-corrected chi connectivity index (χ3v) is 4.81. The van der Waals surface area contributed by atoms with Crippen molar-refractivity contribution in [2.75, 3.05) is 6.61 Å². The molecule has 1 heterocycles. The molecular formula is C20H20Cl2N2O3. The molecule has 3 rings (SSSR count). The fourth-order valence-corrected chi connectivity index (χ4v) is 3.64. The van der Waals surface area contributed by atoms with E-state index in [9.17, 15) is 9.90 Å². The number of halogens is 2. The Morgan fingerprint density at radius 2 is 2.04 bits per heavy atom. The van der Waals surface area contributed by atoms with Crippen molar-refractivity contribution in [1.82, 2.24) is 10.3 Å². The zero-order valence-electron chi connectivity index (χ0n) is 14.8. The van der Waals surface area contributed by atoms with Crippen LogP contribution in [0, 0.1) is 0 Å². The summed E-state index contributed by atoms with van der Waals surface area (Å²) in [5, 5.41) is 14.6. The fraction of sp³-hybridized carbons (Fsp3) is 0.250. The van der Waals surface area contributed by atoms with Gasteiger partial charge >= 0.3 is 5.97 Å². The number of carboxylic acid groups (broad SMARTS) is 1. The second-order valence-electron chi connectivity index (χ2n) is 6.14. The monoisotopic (exact) mass is 406 g/mol. The standard InChI is InChI=1S/C20H20Cl2N2O3/c1-2-27-19-13(7-14(21)9-16(19)22)11-24-18(20(25)26)8-12-10-23-17-6-4-3-5-15(12)17/h3-7,9-10,18,23-24H,2,8,11H2,1H3,(H,25,26)/t18-/m1/s1. The van der Waals surface area contributed by atoms with Crippen LogP contribution >= 0.6 is 23.2 Å². The number of aromatic amines is 1. The molecule has 0 saturated heterocycles. The molecule has 142 valence electrons. The van der Waals surface area contributed by atoms with Crippen LogP contribution in [0.5, 0.6) is 5.75 Å². The molecule has 5 nitrogen and oxygen atoms in total. The van der Waals surface area contributed by atoms with Crippen LogP contribution in [0.1, 0.15) is 18.1 Å². The summed E-state index contributed by atoms with van der Waals surface area (Å²) in [6.45, 7) is 2.58. The minimum atomic E-state index is -0.925. The molecule has 0 bridgehead atoms. The number of carboxylic acids is 1. The number of rotatable bonds is 8. The molecule has 3 aromatic rings. The van der Waals surface area contributed by atoms with E-state index < -0.39 is 12.0 Å². The number of benzene rings is 2. The quantitative estimate of drug-likeness (QED) is 0.508. The van der Waals surface area contributed by atoms with Gasteiger partial charge < -0.3 is 14.8 Å². The molecule has 1 aromatic heterocycles. The zero-order chi connectivity index (χ0) is 19.4. The molecule has 0 spiro atoms. The lowest BCUT2D eigenvalue weighted by Crippen LogP contribution is -2.38. The minimum absolute atomic E-state index is 0.273.